The number of aliphatic hydroxyl groups is 1. The third kappa shape index (κ3) is 1.73. The first-order chi connectivity index (χ1) is 8.66. The highest BCUT2D eigenvalue weighted by atomic mass is 16.3. The molecule has 2 atom stereocenters. The van der Waals surface area contributed by atoms with Crippen molar-refractivity contribution in [1.82, 2.24) is 4.90 Å². The number of carbonyl (C=O) groups is 2. The van der Waals surface area contributed by atoms with E-state index in [1.807, 2.05) is 0 Å². The maximum absolute atomic E-state index is 12.1. The Hall–Kier alpha value is -1.68. The molecule has 1 N–H and O–H groups in total. The predicted molar refractivity (Wildman–Crippen MR) is 65.2 cm³/mol. The molecule has 3 rings (SSSR count). The molecular weight excluding hydrogens is 230 g/mol. The summed E-state index contributed by atoms with van der Waals surface area (Å²) in [5, 5.41) is 9.49. The van der Waals surface area contributed by atoms with E-state index in [9.17, 15) is 14.7 Å². The van der Waals surface area contributed by atoms with E-state index in [-0.39, 0.29) is 23.8 Å². The number of amides is 2. The summed E-state index contributed by atoms with van der Waals surface area (Å²) >= 11 is 0. The normalized spacial score (nSPS) is 26.8. The monoisotopic (exact) mass is 245 g/mol. The van der Waals surface area contributed by atoms with Gasteiger partial charge in [0, 0.05) is 6.54 Å². The standard InChI is InChI=1S/C14H15NO3/c16-10-6-5-9(7-10)8-15-13(17)11-3-1-2-4-12(11)14(15)18/h1-4,9-10,16H,5-8H2. The number of carbonyl (C=O) groups excluding carboxylic acids is 2. The molecule has 2 unspecified atom stereocenters. The molecule has 0 aromatic heterocycles. The van der Waals surface area contributed by atoms with Gasteiger partial charge in [0.1, 0.15) is 0 Å². The lowest BCUT2D eigenvalue weighted by Gasteiger charge is -2.18. The van der Waals surface area contributed by atoms with Gasteiger partial charge in [-0.3, -0.25) is 14.5 Å². The van der Waals surface area contributed by atoms with Gasteiger partial charge in [-0.05, 0) is 37.3 Å². The first kappa shape index (κ1) is 11.4. The third-order valence-corrected chi connectivity index (χ3v) is 3.83. The van der Waals surface area contributed by atoms with E-state index in [0.717, 1.165) is 12.8 Å². The smallest absolute Gasteiger partial charge is 0.261 e. The number of hydrogen-bond donors (Lipinski definition) is 1. The summed E-state index contributed by atoms with van der Waals surface area (Å²) in [6, 6.07) is 6.93. The minimum atomic E-state index is -0.273. The molecule has 94 valence electrons. The van der Waals surface area contributed by atoms with Crippen molar-refractivity contribution in [3.63, 3.8) is 0 Å². The van der Waals surface area contributed by atoms with Crippen molar-refractivity contribution in [2.75, 3.05) is 6.54 Å². The molecule has 0 bridgehead atoms. The fourth-order valence-electron chi connectivity index (χ4n) is 2.88. The summed E-state index contributed by atoms with van der Waals surface area (Å²) in [5.74, 6) is -0.156. The summed E-state index contributed by atoms with van der Waals surface area (Å²) in [7, 11) is 0. The Morgan fingerprint density at radius 1 is 1.11 bits per heavy atom. The van der Waals surface area contributed by atoms with Gasteiger partial charge in [0.05, 0.1) is 17.2 Å². The summed E-state index contributed by atoms with van der Waals surface area (Å²) in [5.41, 5.74) is 1.00. The summed E-state index contributed by atoms with van der Waals surface area (Å²) < 4.78 is 0. The fraction of sp³-hybridized carbons (Fsp3) is 0.429. The molecule has 4 nitrogen and oxygen atoms in total. The number of imide groups is 1. The molecule has 2 amide bonds. The molecule has 1 aliphatic heterocycles. The zero-order chi connectivity index (χ0) is 12.7. The molecular formula is C14H15NO3. The molecule has 0 saturated heterocycles. The molecule has 0 radical (unpaired) electrons. The minimum absolute atomic E-state index is 0.197. The Kier molecular flexibility index (Phi) is 2.67. The average Bonchev–Trinajstić information content (AvgIpc) is 2.88. The van der Waals surface area contributed by atoms with Crippen molar-refractivity contribution in [3.8, 4) is 0 Å². The van der Waals surface area contributed by atoms with Crippen LogP contribution in [0.1, 0.15) is 40.0 Å². The molecule has 4 heteroatoms. The Morgan fingerprint density at radius 3 is 2.22 bits per heavy atom. The van der Waals surface area contributed by atoms with Gasteiger partial charge in [-0.2, -0.15) is 0 Å². The summed E-state index contributed by atoms with van der Waals surface area (Å²) in [6.45, 7) is 0.434. The second kappa shape index (κ2) is 4.21. The van der Waals surface area contributed by atoms with Crippen LogP contribution in [0.2, 0.25) is 0 Å². The quantitative estimate of drug-likeness (QED) is 0.802. The highest BCUT2D eigenvalue weighted by Crippen LogP contribution is 2.29. The van der Waals surface area contributed by atoms with E-state index in [0.29, 0.717) is 24.1 Å². The SMILES string of the molecule is O=C1c2ccccc2C(=O)N1CC1CCC(O)C1. The minimum Gasteiger partial charge on any atom is -0.393 e. The van der Waals surface area contributed by atoms with Crippen LogP contribution in [0.3, 0.4) is 0 Å². The van der Waals surface area contributed by atoms with Crippen molar-refractivity contribution >= 4 is 11.8 Å². The first-order valence-electron chi connectivity index (χ1n) is 6.30. The van der Waals surface area contributed by atoms with Gasteiger partial charge in [-0.15, -0.1) is 0 Å². The number of hydrogen-bond acceptors (Lipinski definition) is 3. The van der Waals surface area contributed by atoms with E-state index in [2.05, 4.69) is 0 Å². The highest BCUT2D eigenvalue weighted by molar-refractivity contribution is 6.21. The maximum Gasteiger partial charge on any atom is 0.261 e. The predicted octanol–water partition coefficient (Wildman–Crippen LogP) is 1.44. The van der Waals surface area contributed by atoms with Crippen LogP contribution < -0.4 is 0 Å². The van der Waals surface area contributed by atoms with Crippen LogP contribution in [0.25, 0.3) is 0 Å². The van der Waals surface area contributed by atoms with Crippen molar-refractivity contribution in [2.24, 2.45) is 5.92 Å². The van der Waals surface area contributed by atoms with Gasteiger partial charge in [0.25, 0.3) is 11.8 Å². The molecule has 1 saturated carbocycles. The van der Waals surface area contributed by atoms with Crippen LogP contribution in [0, 0.1) is 5.92 Å². The second-order valence-electron chi connectivity index (χ2n) is 5.10. The Bertz CT molecular complexity index is 477. The van der Waals surface area contributed by atoms with Crippen LogP contribution in [0.4, 0.5) is 0 Å². The number of rotatable bonds is 2. The molecule has 2 aliphatic rings. The largest absolute Gasteiger partial charge is 0.393 e. The number of benzene rings is 1. The number of nitrogens with zero attached hydrogens (tertiary/aromatic N) is 1. The third-order valence-electron chi connectivity index (χ3n) is 3.83. The van der Waals surface area contributed by atoms with E-state index in [1.54, 1.807) is 24.3 Å². The summed E-state index contributed by atoms with van der Waals surface area (Å²) in [6.07, 6.45) is 2.07. The lowest BCUT2D eigenvalue weighted by atomic mass is 10.1. The van der Waals surface area contributed by atoms with Gasteiger partial charge < -0.3 is 5.11 Å². The average molecular weight is 245 g/mol. The molecule has 18 heavy (non-hydrogen) atoms. The van der Waals surface area contributed by atoms with Crippen LogP contribution >= 0.6 is 0 Å². The Labute approximate surface area is 105 Å². The van der Waals surface area contributed by atoms with Crippen LogP contribution in [0.5, 0.6) is 0 Å². The fourth-order valence-corrected chi connectivity index (χ4v) is 2.88. The zero-order valence-electron chi connectivity index (χ0n) is 10.0. The Balaban J connectivity index is 1.80. The van der Waals surface area contributed by atoms with E-state index >= 15 is 0 Å². The number of aliphatic hydroxyl groups excluding tert-OH is 1. The topological polar surface area (TPSA) is 57.6 Å². The van der Waals surface area contributed by atoms with Crippen LogP contribution in [-0.4, -0.2) is 34.5 Å². The second-order valence-corrected chi connectivity index (χ2v) is 5.10. The highest BCUT2D eigenvalue weighted by Gasteiger charge is 2.37. The van der Waals surface area contributed by atoms with Crippen molar-refractivity contribution in [1.29, 1.82) is 0 Å². The summed E-state index contributed by atoms with van der Waals surface area (Å²) in [4.78, 5) is 25.6. The van der Waals surface area contributed by atoms with Gasteiger partial charge in [0.2, 0.25) is 0 Å². The zero-order valence-corrected chi connectivity index (χ0v) is 10.0. The van der Waals surface area contributed by atoms with Crippen LogP contribution in [0.15, 0.2) is 24.3 Å². The molecule has 1 aliphatic carbocycles. The lowest BCUT2D eigenvalue weighted by Crippen LogP contribution is -2.34. The van der Waals surface area contributed by atoms with Gasteiger partial charge in [-0.25, -0.2) is 0 Å². The van der Waals surface area contributed by atoms with Gasteiger partial charge in [-0.1, -0.05) is 12.1 Å². The van der Waals surface area contributed by atoms with Crippen molar-refractivity contribution in [2.45, 2.75) is 25.4 Å². The molecule has 1 fully saturated rings. The lowest BCUT2D eigenvalue weighted by molar-refractivity contribution is 0.0624. The Morgan fingerprint density at radius 2 is 1.72 bits per heavy atom. The van der Waals surface area contributed by atoms with E-state index < -0.39 is 0 Å². The first-order valence-corrected chi connectivity index (χ1v) is 6.30. The van der Waals surface area contributed by atoms with Crippen molar-refractivity contribution in [3.05, 3.63) is 35.4 Å². The molecule has 1 heterocycles. The maximum atomic E-state index is 12.1. The van der Waals surface area contributed by atoms with E-state index in [1.165, 1.54) is 4.90 Å². The molecule has 1 aromatic carbocycles. The van der Waals surface area contributed by atoms with Gasteiger partial charge >= 0.3 is 0 Å². The molecule has 1 aromatic rings. The van der Waals surface area contributed by atoms with Crippen molar-refractivity contribution < 1.29 is 14.7 Å². The molecule has 0 spiro atoms. The van der Waals surface area contributed by atoms with E-state index in [4.69, 9.17) is 0 Å². The number of fused-ring (bicyclic) bond motifs is 1. The van der Waals surface area contributed by atoms with Gasteiger partial charge in [0.15, 0.2) is 0 Å². The van der Waals surface area contributed by atoms with Crippen LogP contribution in [-0.2, 0) is 0 Å².